The fraction of sp³-hybridized carbons (Fsp3) is 0.412. The molecule has 5 aliphatic rings. The second-order valence-corrected chi connectivity index (χ2v) is 29.5. The minimum Gasteiger partial charge on any atom is -0.492 e. The van der Waals surface area contributed by atoms with E-state index in [2.05, 4.69) is 44.0 Å². The number of carbonyl (C=O) groups is 2. The summed E-state index contributed by atoms with van der Waals surface area (Å²) in [5.41, 5.74) is 11.6. The Hall–Kier alpha value is -8.65. The van der Waals surface area contributed by atoms with Crippen molar-refractivity contribution < 1.29 is 70.3 Å². The van der Waals surface area contributed by atoms with E-state index in [1.54, 1.807) is 33.8 Å². The average Bonchev–Trinajstić information content (AvgIpc) is 1.62. The van der Waals surface area contributed by atoms with Crippen LogP contribution in [0.4, 0.5) is 8.78 Å². The van der Waals surface area contributed by atoms with Crippen molar-refractivity contribution in [3.05, 3.63) is 184 Å². The van der Waals surface area contributed by atoms with Gasteiger partial charge in [0.1, 0.15) is 82.3 Å². The molecule has 0 saturated carbocycles. The zero-order chi connectivity index (χ0) is 73.6. The van der Waals surface area contributed by atoms with Crippen molar-refractivity contribution >= 4 is 56.4 Å². The van der Waals surface area contributed by atoms with Crippen LogP contribution in [0.15, 0.2) is 106 Å². The molecule has 0 radical (unpaired) electrons. The van der Waals surface area contributed by atoms with Crippen LogP contribution in [0.1, 0.15) is 172 Å². The number of methoxy groups -OCH3 is 2. The fourth-order valence-electron chi connectivity index (χ4n) is 13.0. The Bertz CT molecular complexity index is 4340. The lowest BCUT2D eigenvalue weighted by Crippen LogP contribution is -2.41. The minimum atomic E-state index is -0.938. The van der Waals surface area contributed by atoms with E-state index in [1.807, 2.05) is 154 Å². The summed E-state index contributed by atoms with van der Waals surface area (Å²) in [6, 6.07) is 35.5. The van der Waals surface area contributed by atoms with Crippen LogP contribution in [0, 0.1) is 87.2 Å². The Morgan fingerprint density at radius 2 is 0.970 bits per heavy atom. The highest BCUT2D eigenvalue weighted by atomic mass is 79.9. The molecule has 0 amide bonds. The maximum absolute atomic E-state index is 15.3. The number of benzene rings is 7. The van der Waals surface area contributed by atoms with Crippen LogP contribution in [0.25, 0.3) is 11.1 Å². The number of hydrogen-bond donors (Lipinski definition) is 0. The summed E-state index contributed by atoms with van der Waals surface area (Å²) in [6.07, 6.45) is 2.37. The molecule has 3 aliphatic heterocycles. The molecule has 0 unspecified atom stereocenters. The summed E-state index contributed by atoms with van der Waals surface area (Å²) in [6.45, 7) is 27.9. The molecule has 12 rings (SSSR count). The number of halogens is 4. The van der Waals surface area contributed by atoms with Gasteiger partial charge < -0.3 is 51.9 Å². The van der Waals surface area contributed by atoms with Crippen molar-refractivity contribution in [2.75, 3.05) is 34.0 Å². The van der Waals surface area contributed by atoms with Crippen molar-refractivity contribution in [1.29, 1.82) is 15.8 Å². The van der Waals surface area contributed by atoms with Gasteiger partial charge in [-0.2, -0.15) is 15.8 Å². The number of hydrogen-bond acceptors (Lipinski definition) is 16. The zero-order valence-electron chi connectivity index (χ0n) is 60.1. The molecular formula is C80H86BBr2F2N3O13. The van der Waals surface area contributed by atoms with Gasteiger partial charge in [-0.15, -0.1) is 0 Å². The molecule has 16 nitrogen and oxygen atoms in total. The van der Waals surface area contributed by atoms with Gasteiger partial charge in [-0.1, -0.05) is 56.1 Å². The predicted molar refractivity (Wildman–Crippen MR) is 388 cm³/mol. The van der Waals surface area contributed by atoms with E-state index >= 15 is 8.78 Å². The summed E-state index contributed by atoms with van der Waals surface area (Å²) in [4.78, 5) is 23.4. The van der Waals surface area contributed by atoms with E-state index in [0.29, 0.717) is 78.8 Å². The van der Waals surface area contributed by atoms with Gasteiger partial charge in [-0.25, -0.2) is 8.78 Å². The number of ether oxygens (including phenoxy) is 9. The number of rotatable bonds is 16. The highest BCUT2D eigenvalue weighted by Gasteiger charge is 2.53. The number of esters is 2. The van der Waals surface area contributed by atoms with Gasteiger partial charge >= 0.3 is 19.1 Å². The first kappa shape index (κ1) is 76.5. The van der Waals surface area contributed by atoms with Crippen LogP contribution in [-0.4, -0.2) is 75.5 Å². The number of nitrogens with zero attached hydrogens (tertiary/aromatic N) is 3. The van der Waals surface area contributed by atoms with Crippen LogP contribution in [-0.2, 0) is 41.2 Å². The third-order valence-corrected chi connectivity index (χ3v) is 21.4. The number of carbonyl (C=O) groups excluding carboxylic acids is 2. The second-order valence-electron chi connectivity index (χ2n) is 27.9. The summed E-state index contributed by atoms with van der Waals surface area (Å²) < 4.78 is 95.3. The van der Waals surface area contributed by atoms with Gasteiger partial charge in [0.15, 0.2) is 17.8 Å². The molecule has 3 heterocycles. The van der Waals surface area contributed by atoms with Gasteiger partial charge in [-0.05, 0) is 244 Å². The van der Waals surface area contributed by atoms with Crippen LogP contribution in [0.3, 0.4) is 0 Å². The van der Waals surface area contributed by atoms with Crippen molar-refractivity contribution in [3.8, 4) is 69.6 Å². The minimum absolute atomic E-state index is 0.0383. The van der Waals surface area contributed by atoms with Gasteiger partial charge in [0.25, 0.3) is 0 Å². The first-order chi connectivity index (χ1) is 47.7. The first-order valence-corrected chi connectivity index (χ1v) is 35.1. The van der Waals surface area contributed by atoms with E-state index < -0.39 is 41.7 Å². The van der Waals surface area contributed by atoms with Gasteiger partial charge in [-0.3, -0.25) is 9.59 Å². The summed E-state index contributed by atoms with van der Waals surface area (Å²) >= 11 is 6.95. The number of fused-ring (bicyclic) bond motifs is 4. The highest BCUT2D eigenvalue weighted by molar-refractivity contribution is 9.11. The fourth-order valence-corrected chi connectivity index (χ4v) is 13.5. The Balaban J connectivity index is 0.000000173. The van der Waals surface area contributed by atoms with Crippen molar-refractivity contribution in [2.45, 2.75) is 182 Å². The van der Waals surface area contributed by atoms with Crippen molar-refractivity contribution in [2.24, 2.45) is 0 Å². The highest BCUT2D eigenvalue weighted by Crippen LogP contribution is 2.47. The third kappa shape index (κ3) is 17.8. The van der Waals surface area contributed by atoms with E-state index in [1.165, 1.54) is 26.4 Å². The lowest BCUT2D eigenvalue weighted by molar-refractivity contribution is -0.142. The van der Waals surface area contributed by atoms with E-state index in [9.17, 15) is 14.9 Å². The number of nitriles is 3. The van der Waals surface area contributed by atoms with Gasteiger partial charge in [0.2, 0.25) is 0 Å². The Morgan fingerprint density at radius 1 is 0.564 bits per heavy atom. The zero-order valence-corrected chi connectivity index (χ0v) is 63.3. The lowest BCUT2D eigenvalue weighted by Gasteiger charge is -2.32. The lowest BCUT2D eigenvalue weighted by atomic mass is 9.75. The van der Waals surface area contributed by atoms with Crippen molar-refractivity contribution in [1.82, 2.24) is 0 Å². The molecule has 21 heteroatoms. The van der Waals surface area contributed by atoms with Crippen LogP contribution >= 0.6 is 31.9 Å². The molecule has 4 atom stereocenters. The molecule has 0 N–H and O–H groups in total. The molecular weight excluding hydrogens is 1420 g/mol. The maximum Gasteiger partial charge on any atom is 0.495 e. The molecule has 2 aliphatic carbocycles. The standard InChI is InChI=1S/C32H32FNO5.C26H30BFO6.C12H14BrNO.C10H10BrNO/c1-18-12-22(39-32(3,4)17-34)13-19(2)30(18)24-8-10-26(33)31-25(24)9-11-27(31)38-21-6-7-23-20(14-29(35)36-5)16-37-28(23)15-21;1-25(2)26(3,4)34-27(33-25)19-9-10-20(28)24-18(19)8-11-21(24)32-16-6-7-17-15(12-23(29)30-5)14-31-22(17)13-16;1-8-5-10(6-9(2)11(8)13)15-12(3,4)7-14;1-7-5-9(13-4-3-12)6-8(2)10(7)11/h6-8,10,12-13,15,20,27H,9,11,14,16H2,1-5H3;6-7,9-10,13,15,21H,8,11-12,14H2,1-5H3;5-6H,1-4H3;5-6H,4H2,1-2H3/t20-,27-;15-,21-;;/m11../s1. The molecule has 530 valence electrons. The molecule has 1 fully saturated rings. The second kappa shape index (κ2) is 31.7. The third-order valence-electron chi connectivity index (χ3n) is 18.9. The van der Waals surface area contributed by atoms with E-state index in [4.69, 9.17) is 62.5 Å². The molecule has 7 aromatic carbocycles. The van der Waals surface area contributed by atoms with Gasteiger partial charge in [0, 0.05) is 55.2 Å². The molecule has 0 spiro atoms. The topological polar surface area (TPSA) is 207 Å². The first-order valence-electron chi connectivity index (χ1n) is 33.5. The molecule has 0 bridgehead atoms. The summed E-state index contributed by atoms with van der Waals surface area (Å²) in [5.74, 6) is 3.50. The molecule has 101 heavy (non-hydrogen) atoms. The Kier molecular flexibility index (Phi) is 24.0. The predicted octanol–water partition coefficient (Wildman–Crippen LogP) is 17.8. The average molecular weight is 1510 g/mol. The normalized spacial score (nSPS) is 17.7. The molecule has 7 aromatic rings. The Morgan fingerprint density at radius 3 is 1.40 bits per heavy atom. The van der Waals surface area contributed by atoms with Crippen LogP contribution in [0.2, 0.25) is 0 Å². The monoisotopic (exact) mass is 1500 g/mol. The SMILES string of the molecule is COC(=O)C[C@@H]1COc2cc(O[C@@H]3CCc4c(-c5c(C)cc(OC(C)(C)C#N)cc5C)ccc(F)c43)ccc21.COC(=O)C[C@@H]1COc2cc(O[C@@H]3CCc4c(B5OC(C)(C)C(C)(C)O5)ccc(F)c43)ccc21.Cc1cc(OC(C)(C)C#N)cc(C)c1Br.Cc1cc(OCC#N)cc(C)c1Br. The Labute approximate surface area is 608 Å². The smallest absolute Gasteiger partial charge is 0.492 e. The van der Waals surface area contributed by atoms with E-state index in [0.717, 1.165) is 92.7 Å². The maximum atomic E-state index is 15.3. The molecule has 1 saturated heterocycles. The number of aryl methyl sites for hydroxylation is 6. The van der Waals surface area contributed by atoms with E-state index in [-0.39, 0.29) is 54.9 Å². The van der Waals surface area contributed by atoms with Gasteiger partial charge in [0.05, 0.1) is 51.5 Å². The molecule has 0 aromatic heterocycles. The largest absolute Gasteiger partial charge is 0.495 e. The quantitative estimate of drug-likeness (QED) is 0.0651. The van der Waals surface area contributed by atoms with Crippen LogP contribution < -0.4 is 38.6 Å². The van der Waals surface area contributed by atoms with Crippen LogP contribution in [0.5, 0.6) is 40.2 Å². The summed E-state index contributed by atoms with van der Waals surface area (Å²) in [5, 5.41) is 26.5. The summed E-state index contributed by atoms with van der Waals surface area (Å²) in [7, 11) is 2.22. The van der Waals surface area contributed by atoms with Crippen molar-refractivity contribution in [3.63, 3.8) is 0 Å².